The Morgan fingerprint density at radius 2 is 1.87 bits per heavy atom. The van der Waals surface area contributed by atoms with Crippen molar-refractivity contribution in [1.29, 1.82) is 0 Å². The zero-order valence-electron chi connectivity index (χ0n) is 17.6. The van der Waals surface area contributed by atoms with E-state index in [0.717, 1.165) is 17.7 Å². The third-order valence-electron chi connectivity index (χ3n) is 4.63. The van der Waals surface area contributed by atoms with Crippen LogP contribution in [0.3, 0.4) is 0 Å². The van der Waals surface area contributed by atoms with Crippen molar-refractivity contribution >= 4 is 46.8 Å². The van der Waals surface area contributed by atoms with E-state index in [4.69, 9.17) is 23.2 Å². The molecule has 2 aromatic rings. The number of carbonyl (C=O) groups excluding carboxylic acids is 2. The fourth-order valence-electron chi connectivity index (χ4n) is 2.95. The van der Waals surface area contributed by atoms with Crippen molar-refractivity contribution < 1.29 is 9.59 Å². The van der Waals surface area contributed by atoms with E-state index in [9.17, 15) is 9.59 Å². The minimum Gasteiger partial charge on any atom is -0.354 e. The van der Waals surface area contributed by atoms with E-state index in [1.807, 2.05) is 19.1 Å². The molecule has 0 bridgehead atoms. The van der Waals surface area contributed by atoms with Crippen LogP contribution >= 0.6 is 35.0 Å². The SMILES string of the molecule is CCCNC(=O)[C@@H](C)N(Cc1ccc(Cl)c(Cl)c1)C(=O)CSCc1cccc(C)c1. The van der Waals surface area contributed by atoms with Gasteiger partial charge in [-0.1, -0.05) is 66.0 Å². The van der Waals surface area contributed by atoms with Crippen LogP contribution < -0.4 is 5.32 Å². The van der Waals surface area contributed by atoms with Gasteiger partial charge in [-0.3, -0.25) is 9.59 Å². The molecule has 0 aliphatic heterocycles. The summed E-state index contributed by atoms with van der Waals surface area (Å²) < 4.78 is 0. The van der Waals surface area contributed by atoms with Crippen LogP contribution in [0.5, 0.6) is 0 Å². The van der Waals surface area contributed by atoms with Gasteiger partial charge in [-0.2, -0.15) is 0 Å². The van der Waals surface area contributed by atoms with E-state index in [0.29, 0.717) is 28.9 Å². The molecule has 0 unspecified atom stereocenters. The quantitative estimate of drug-likeness (QED) is 0.504. The molecule has 2 rings (SSSR count). The Bertz CT molecular complexity index is 876. The first-order valence-corrected chi connectivity index (χ1v) is 11.9. The Hall–Kier alpha value is -1.69. The van der Waals surface area contributed by atoms with Gasteiger partial charge in [0.25, 0.3) is 0 Å². The van der Waals surface area contributed by atoms with Gasteiger partial charge >= 0.3 is 0 Å². The van der Waals surface area contributed by atoms with E-state index in [2.05, 4.69) is 30.4 Å². The van der Waals surface area contributed by atoms with Crippen LogP contribution in [0, 0.1) is 6.92 Å². The summed E-state index contributed by atoms with van der Waals surface area (Å²) in [6.07, 6.45) is 0.839. The molecule has 30 heavy (non-hydrogen) atoms. The summed E-state index contributed by atoms with van der Waals surface area (Å²) >= 11 is 13.7. The van der Waals surface area contributed by atoms with Gasteiger partial charge in [0.1, 0.15) is 6.04 Å². The first kappa shape index (κ1) is 24.6. The lowest BCUT2D eigenvalue weighted by atomic mass is 10.1. The summed E-state index contributed by atoms with van der Waals surface area (Å²) in [6.45, 7) is 6.67. The predicted molar refractivity (Wildman–Crippen MR) is 127 cm³/mol. The summed E-state index contributed by atoms with van der Waals surface area (Å²) in [5.74, 6) is 0.789. The van der Waals surface area contributed by atoms with Crippen LogP contribution in [-0.4, -0.2) is 35.1 Å². The Kier molecular flexibility index (Phi) is 10.0. The second-order valence-corrected chi connectivity index (χ2v) is 9.02. The fourth-order valence-corrected chi connectivity index (χ4v) is 4.13. The van der Waals surface area contributed by atoms with Crippen LogP contribution in [0.15, 0.2) is 42.5 Å². The lowest BCUT2D eigenvalue weighted by molar-refractivity contribution is -0.138. The molecule has 1 N–H and O–H groups in total. The molecule has 0 aliphatic rings. The van der Waals surface area contributed by atoms with Gasteiger partial charge in [-0.25, -0.2) is 0 Å². The van der Waals surface area contributed by atoms with Gasteiger partial charge < -0.3 is 10.2 Å². The highest BCUT2D eigenvalue weighted by atomic mass is 35.5. The highest BCUT2D eigenvalue weighted by Crippen LogP contribution is 2.24. The maximum atomic E-state index is 13.0. The molecule has 0 radical (unpaired) electrons. The third-order valence-corrected chi connectivity index (χ3v) is 6.36. The Morgan fingerprint density at radius 3 is 2.53 bits per heavy atom. The number of carbonyl (C=O) groups is 2. The monoisotopic (exact) mass is 466 g/mol. The number of aryl methyl sites for hydroxylation is 1. The molecule has 0 heterocycles. The molecule has 0 saturated carbocycles. The summed E-state index contributed by atoms with van der Waals surface area (Å²) in [4.78, 5) is 27.2. The van der Waals surface area contributed by atoms with E-state index >= 15 is 0 Å². The molecule has 0 aliphatic carbocycles. The second kappa shape index (κ2) is 12.2. The molecule has 0 fully saturated rings. The molecule has 2 amide bonds. The molecule has 7 heteroatoms. The number of nitrogens with one attached hydrogen (secondary N) is 1. The van der Waals surface area contributed by atoms with Crippen LogP contribution in [0.2, 0.25) is 10.0 Å². The number of halogens is 2. The van der Waals surface area contributed by atoms with Gasteiger partial charge in [0.2, 0.25) is 11.8 Å². The predicted octanol–water partition coefficient (Wildman–Crippen LogP) is 5.48. The molecule has 0 spiro atoms. The molecule has 0 saturated heterocycles. The minimum absolute atomic E-state index is 0.0853. The first-order chi connectivity index (χ1) is 14.3. The number of rotatable bonds is 10. The van der Waals surface area contributed by atoms with Crippen molar-refractivity contribution in [2.45, 2.75) is 45.5 Å². The highest BCUT2D eigenvalue weighted by Gasteiger charge is 2.26. The summed E-state index contributed by atoms with van der Waals surface area (Å²) in [5, 5.41) is 3.76. The van der Waals surface area contributed by atoms with E-state index in [1.165, 1.54) is 11.1 Å². The number of thioether (sulfide) groups is 1. The molecule has 4 nitrogen and oxygen atoms in total. The molecular formula is C23H28Cl2N2O2S. The molecule has 0 aromatic heterocycles. The summed E-state index contributed by atoms with van der Waals surface area (Å²) in [6, 6.07) is 12.9. The van der Waals surface area contributed by atoms with Gasteiger partial charge in [0.05, 0.1) is 15.8 Å². The van der Waals surface area contributed by atoms with Gasteiger partial charge in [0.15, 0.2) is 0 Å². The molecule has 1 atom stereocenters. The van der Waals surface area contributed by atoms with Crippen molar-refractivity contribution in [3.63, 3.8) is 0 Å². The fraction of sp³-hybridized carbons (Fsp3) is 0.391. The smallest absolute Gasteiger partial charge is 0.242 e. The van der Waals surface area contributed by atoms with Gasteiger partial charge in [0, 0.05) is 18.8 Å². The zero-order chi connectivity index (χ0) is 22.1. The first-order valence-electron chi connectivity index (χ1n) is 9.96. The maximum absolute atomic E-state index is 13.0. The Labute approximate surface area is 193 Å². The molecule has 162 valence electrons. The van der Waals surface area contributed by atoms with Crippen molar-refractivity contribution in [3.05, 3.63) is 69.2 Å². The van der Waals surface area contributed by atoms with Gasteiger partial charge in [-0.05, 0) is 43.5 Å². The van der Waals surface area contributed by atoms with E-state index < -0.39 is 6.04 Å². The highest BCUT2D eigenvalue weighted by molar-refractivity contribution is 7.99. The average Bonchev–Trinajstić information content (AvgIpc) is 2.72. The normalized spacial score (nSPS) is 11.8. The number of amides is 2. The second-order valence-electron chi connectivity index (χ2n) is 7.22. The van der Waals surface area contributed by atoms with Crippen LogP contribution in [0.25, 0.3) is 0 Å². The Morgan fingerprint density at radius 1 is 1.10 bits per heavy atom. The summed E-state index contributed by atoms with van der Waals surface area (Å²) in [7, 11) is 0. The van der Waals surface area contributed by atoms with Crippen LogP contribution in [-0.2, 0) is 21.9 Å². The summed E-state index contributed by atoms with van der Waals surface area (Å²) in [5.41, 5.74) is 3.20. The van der Waals surface area contributed by atoms with Crippen molar-refractivity contribution in [2.75, 3.05) is 12.3 Å². The number of hydrogen-bond donors (Lipinski definition) is 1. The molecular weight excluding hydrogens is 439 g/mol. The van der Waals surface area contributed by atoms with Crippen molar-refractivity contribution in [2.24, 2.45) is 0 Å². The topological polar surface area (TPSA) is 49.4 Å². The Balaban J connectivity index is 2.08. The van der Waals surface area contributed by atoms with E-state index in [-0.39, 0.29) is 11.8 Å². The standard InChI is InChI=1S/C23H28Cl2N2O2S/c1-4-10-26-23(29)17(3)27(13-18-8-9-20(24)21(25)12-18)22(28)15-30-14-19-7-5-6-16(2)11-19/h5-9,11-12,17H,4,10,13-15H2,1-3H3,(H,26,29)/t17-/m1/s1. The largest absolute Gasteiger partial charge is 0.354 e. The van der Waals surface area contributed by atoms with Crippen molar-refractivity contribution in [1.82, 2.24) is 10.2 Å². The van der Waals surface area contributed by atoms with Crippen LogP contribution in [0.4, 0.5) is 0 Å². The average molecular weight is 467 g/mol. The number of hydrogen-bond acceptors (Lipinski definition) is 3. The van der Waals surface area contributed by atoms with E-state index in [1.54, 1.807) is 35.7 Å². The van der Waals surface area contributed by atoms with Gasteiger partial charge in [-0.15, -0.1) is 11.8 Å². The number of benzene rings is 2. The third kappa shape index (κ3) is 7.53. The van der Waals surface area contributed by atoms with Crippen molar-refractivity contribution in [3.8, 4) is 0 Å². The minimum atomic E-state index is -0.585. The maximum Gasteiger partial charge on any atom is 0.242 e. The van der Waals surface area contributed by atoms with Crippen LogP contribution in [0.1, 0.15) is 37.0 Å². The molecule has 2 aromatic carbocycles. The number of nitrogens with zero attached hydrogens (tertiary/aromatic N) is 1. The lowest BCUT2D eigenvalue weighted by Crippen LogP contribution is -2.48. The lowest BCUT2D eigenvalue weighted by Gasteiger charge is -2.29. The zero-order valence-corrected chi connectivity index (χ0v) is 19.9.